The van der Waals surface area contributed by atoms with E-state index in [1.807, 2.05) is 47.2 Å². The summed E-state index contributed by atoms with van der Waals surface area (Å²) in [6.07, 6.45) is 7.32. The first-order valence-corrected chi connectivity index (χ1v) is 7.02. The highest BCUT2D eigenvalue weighted by Crippen LogP contribution is 2.17. The number of rotatable bonds is 4. The summed E-state index contributed by atoms with van der Waals surface area (Å²) in [5.41, 5.74) is 3.01. The van der Waals surface area contributed by atoms with Gasteiger partial charge in [0.05, 0.1) is 12.0 Å². The van der Waals surface area contributed by atoms with E-state index in [9.17, 15) is 0 Å². The molecule has 0 fully saturated rings. The molecular weight excluding hydrogens is 282 g/mol. The molecule has 4 heteroatoms. The maximum Gasteiger partial charge on any atom is 0.0949 e. The Morgan fingerprint density at radius 1 is 1.14 bits per heavy atom. The minimum absolute atomic E-state index is 0.704. The Balaban J connectivity index is 1.78. The summed E-state index contributed by atoms with van der Waals surface area (Å²) < 4.78 is 2.02. The fourth-order valence-electron chi connectivity index (χ4n) is 2.05. The summed E-state index contributed by atoms with van der Waals surface area (Å²) in [5.74, 6) is 0. The summed E-state index contributed by atoms with van der Waals surface area (Å²) in [4.78, 5) is 8.54. The van der Waals surface area contributed by atoms with Crippen LogP contribution in [0.5, 0.6) is 0 Å². The summed E-state index contributed by atoms with van der Waals surface area (Å²) in [6.45, 7) is 0.787. The van der Waals surface area contributed by atoms with Gasteiger partial charge in [-0.05, 0) is 23.8 Å². The number of hydrogen-bond donors (Lipinski definition) is 0. The van der Waals surface area contributed by atoms with Gasteiger partial charge < -0.3 is 4.57 Å². The van der Waals surface area contributed by atoms with Crippen LogP contribution in [-0.4, -0.2) is 15.8 Å². The zero-order valence-corrected chi connectivity index (χ0v) is 12.1. The van der Waals surface area contributed by atoms with Gasteiger partial charge in [-0.2, -0.15) is 0 Å². The highest BCUT2D eigenvalue weighted by atomic mass is 35.5. The van der Waals surface area contributed by atoms with E-state index in [0.29, 0.717) is 5.02 Å². The number of imidazole rings is 1. The van der Waals surface area contributed by atoms with Crippen LogP contribution in [0, 0.1) is 0 Å². The highest BCUT2D eigenvalue weighted by Gasteiger charge is 1.97. The minimum Gasteiger partial charge on any atom is -0.333 e. The zero-order chi connectivity index (χ0) is 14.5. The zero-order valence-electron chi connectivity index (χ0n) is 11.4. The largest absolute Gasteiger partial charge is 0.333 e. The first-order valence-electron chi connectivity index (χ1n) is 6.64. The molecule has 0 N–H and O–H groups in total. The summed E-state index contributed by atoms with van der Waals surface area (Å²) in [5, 5.41) is 0.704. The van der Waals surface area contributed by atoms with Gasteiger partial charge >= 0.3 is 0 Å². The van der Waals surface area contributed by atoms with E-state index >= 15 is 0 Å². The maximum absolute atomic E-state index is 6.12. The van der Waals surface area contributed by atoms with Gasteiger partial charge in [0.15, 0.2) is 0 Å². The predicted octanol–water partition coefficient (Wildman–Crippen LogP) is 4.34. The van der Waals surface area contributed by atoms with Crippen molar-refractivity contribution in [3.05, 3.63) is 83.4 Å². The van der Waals surface area contributed by atoms with Crippen LogP contribution in [0.4, 0.5) is 5.69 Å². The van der Waals surface area contributed by atoms with Crippen molar-refractivity contribution in [2.75, 3.05) is 0 Å². The normalized spacial score (nSPS) is 11.1. The first kappa shape index (κ1) is 13.6. The van der Waals surface area contributed by atoms with E-state index in [1.165, 1.54) is 5.56 Å². The fraction of sp³-hybridized carbons (Fsp3) is 0.0588. The lowest BCUT2D eigenvalue weighted by molar-refractivity contribution is 0.797. The molecule has 0 saturated carbocycles. The second kappa shape index (κ2) is 6.37. The highest BCUT2D eigenvalue weighted by molar-refractivity contribution is 6.33. The monoisotopic (exact) mass is 295 g/mol. The second-order valence-electron chi connectivity index (χ2n) is 4.68. The van der Waals surface area contributed by atoms with Crippen molar-refractivity contribution < 1.29 is 0 Å². The van der Waals surface area contributed by atoms with Gasteiger partial charge in [0, 0.05) is 35.7 Å². The molecule has 3 rings (SSSR count). The lowest BCUT2D eigenvalue weighted by Gasteiger charge is -2.03. The molecule has 0 saturated heterocycles. The Labute approximate surface area is 128 Å². The number of hydrogen-bond acceptors (Lipinski definition) is 2. The fourth-order valence-corrected chi connectivity index (χ4v) is 2.23. The molecule has 0 radical (unpaired) electrons. The van der Waals surface area contributed by atoms with Crippen LogP contribution in [0.15, 0.2) is 72.2 Å². The van der Waals surface area contributed by atoms with E-state index in [1.54, 1.807) is 18.7 Å². The Hall–Kier alpha value is -2.39. The van der Waals surface area contributed by atoms with Crippen LogP contribution in [0.25, 0.3) is 0 Å². The second-order valence-corrected chi connectivity index (χ2v) is 5.09. The van der Waals surface area contributed by atoms with Crippen molar-refractivity contribution in [3.8, 4) is 0 Å². The third kappa shape index (κ3) is 3.58. The summed E-state index contributed by atoms with van der Waals surface area (Å²) in [6, 6.07) is 15.8. The van der Waals surface area contributed by atoms with Gasteiger partial charge in [-0.25, -0.2) is 4.98 Å². The average Bonchev–Trinajstić information content (AvgIpc) is 3.00. The molecule has 104 valence electrons. The van der Waals surface area contributed by atoms with Gasteiger partial charge in [0.1, 0.15) is 0 Å². The van der Waals surface area contributed by atoms with Gasteiger partial charge in [-0.15, -0.1) is 0 Å². The van der Waals surface area contributed by atoms with Crippen LogP contribution >= 0.6 is 11.6 Å². The molecule has 0 amide bonds. The van der Waals surface area contributed by atoms with Crippen molar-refractivity contribution in [1.29, 1.82) is 0 Å². The topological polar surface area (TPSA) is 30.2 Å². The molecule has 2 aromatic carbocycles. The molecule has 0 atom stereocenters. The Bertz CT molecular complexity index is 748. The Morgan fingerprint density at radius 3 is 2.86 bits per heavy atom. The number of aromatic nitrogens is 2. The van der Waals surface area contributed by atoms with Crippen molar-refractivity contribution in [2.45, 2.75) is 6.54 Å². The van der Waals surface area contributed by atoms with Crippen LogP contribution < -0.4 is 0 Å². The van der Waals surface area contributed by atoms with Crippen LogP contribution in [0.1, 0.15) is 11.1 Å². The number of aliphatic imine (C=N–C) groups is 1. The van der Waals surface area contributed by atoms with Gasteiger partial charge in [-0.1, -0.05) is 41.9 Å². The third-order valence-electron chi connectivity index (χ3n) is 3.09. The van der Waals surface area contributed by atoms with Crippen LogP contribution in [-0.2, 0) is 6.54 Å². The quantitative estimate of drug-likeness (QED) is 0.659. The number of nitrogens with zero attached hydrogens (tertiary/aromatic N) is 3. The van der Waals surface area contributed by atoms with Crippen LogP contribution in [0.3, 0.4) is 0 Å². The minimum atomic E-state index is 0.704. The van der Waals surface area contributed by atoms with E-state index in [2.05, 4.69) is 22.1 Å². The molecule has 1 aromatic heterocycles. The van der Waals surface area contributed by atoms with E-state index in [-0.39, 0.29) is 0 Å². The van der Waals surface area contributed by atoms with Gasteiger partial charge in [0.25, 0.3) is 0 Å². The van der Waals surface area contributed by atoms with E-state index < -0.39 is 0 Å². The van der Waals surface area contributed by atoms with Crippen molar-refractivity contribution in [1.82, 2.24) is 9.55 Å². The molecule has 21 heavy (non-hydrogen) atoms. The van der Waals surface area contributed by atoms with Crippen molar-refractivity contribution >= 4 is 23.5 Å². The lowest BCUT2D eigenvalue weighted by Crippen LogP contribution is -1.95. The lowest BCUT2D eigenvalue weighted by atomic mass is 10.2. The van der Waals surface area contributed by atoms with Gasteiger partial charge in [-0.3, -0.25) is 4.99 Å². The molecule has 0 aliphatic carbocycles. The molecule has 0 bridgehead atoms. The molecule has 0 aliphatic heterocycles. The van der Waals surface area contributed by atoms with E-state index in [4.69, 9.17) is 11.6 Å². The number of benzene rings is 2. The van der Waals surface area contributed by atoms with Crippen molar-refractivity contribution in [2.24, 2.45) is 4.99 Å². The third-order valence-corrected chi connectivity index (χ3v) is 3.44. The van der Waals surface area contributed by atoms with E-state index in [0.717, 1.165) is 17.8 Å². The maximum atomic E-state index is 6.12. The Morgan fingerprint density at radius 2 is 2.05 bits per heavy atom. The summed E-state index contributed by atoms with van der Waals surface area (Å²) in [7, 11) is 0. The molecule has 3 nitrogen and oxygen atoms in total. The van der Waals surface area contributed by atoms with Gasteiger partial charge in [0.2, 0.25) is 0 Å². The molecule has 0 aliphatic rings. The molecule has 3 aromatic rings. The first-order chi connectivity index (χ1) is 10.3. The Kier molecular flexibility index (Phi) is 4.12. The number of halogens is 1. The predicted molar refractivity (Wildman–Crippen MR) is 86.5 cm³/mol. The SMILES string of the molecule is Clc1ccccc1C=Nc1cccc(Cn2ccnc2)c1. The smallest absolute Gasteiger partial charge is 0.0949 e. The molecule has 0 spiro atoms. The summed E-state index contributed by atoms with van der Waals surface area (Å²) >= 11 is 6.12. The van der Waals surface area contributed by atoms with Crippen molar-refractivity contribution in [3.63, 3.8) is 0 Å². The average molecular weight is 296 g/mol. The standard InChI is InChI=1S/C17H14ClN3/c18-17-7-2-1-5-15(17)11-20-16-6-3-4-14(10-16)12-21-9-8-19-13-21/h1-11,13H,12H2. The molecule has 1 heterocycles. The molecule has 0 unspecified atom stereocenters. The molecular formula is C17H14ClN3. The van der Waals surface area contributed by atoms with Crippen LogP contribution in [0.2, 0.25) is 5.02 Å².